The van der Waals surface area contributed by atoms with Gasteiger partial charge >= 0.3 is 0 Å². The molecule has 1 heteroatoms. The van der Waals surface area contributed by atoms with Gasteiger partial charge in [-0.15, -0.1) is 0 Å². The summed E-state index contributed by atoms with van der Waals surface area (Å²) in [7, 11) is 0. The Hall–Kier alpha value is -1.63. The Morgan fingerprint density at radius 3 is 2.00 bits per heavy atom. The first-order valence-electron chi connectivity index (χ1n) is 11.3. The number of nitrogens with zero attached hydrogens (tertiary/aromatic N) is 1. The zero-order chi connectivity index (χ0) is 18.9. The van der Waals surface area contributed by atoms with Crippen molar-refractivity contribution in [3.8, 4) is 11.3 Å². The van der Waals surface area contributed by atoms with Crippen molar-refractivity contribution in [2.45, 2.75) is 84.5 Å². The molecule has 1 aromatic heterocycles. The van der Waals surface area contributed by atoms with Crippen molar-refractivity contribution in [1.82, 2.24) is 4.98 Å². The van der Waals surface area contributed by atoms with Gasteiger partial charge in [0, 0.05) is 11.8 Å². The van der Waals surface area contributed by atoms with Crippen LogP contribution in [0.5, 0.6) is 0 Å². The van der Waals surface area contributed by atoms with Crippen molar-refractivity contribution < 1.29 is 0 Å². The Labute approximate surface area is 166 Å². The minimum Gasteiger partial charge on any atom is -0.256 e. The summed E-state index contributed by atoms with van der Waals surface area (Å²) < 4.78 is 0. The fraction of sp³-hybridized carbons (Fsp3) is 0.577. The lowest BCUT2D eigenvalue weighted by atomic mass is 9.78. The van der Waals surface area contributed by atoms with Gasteiger partial charge in [0.25, 0.3) is 0 Å². The number of pyridine rings is 1. The van der Waals surface area contributed by atoms with Crippen molar-refractivity contribution in [2.75, 3.05) is 0 Å². The fourth-order valence-electron chi connectivity index (χ4n) is 4.55. The van der Waals surface area contributed by atoms with Crippen LogP contribution in [-0.2, 0) is 12.8 Å². The van der Waals surface area contributed by atoms with Crippen LogP contribution in [0.4, 0.5) is 0 Å². The molecule has 1 heterocycles. The van der Waals surface area contributed by atoms with Crippen LogP contribution in [0.3, 0.4) is 0 Å². The van der Waals surface area contributed by atoms with Crippen molar-refractivity contribution in [3.05, 3.63) is 53.7 Å². The van der Waals surface area contributed by atoms with Gasteiger partial charge in [-0.3, -0.25) is 4.98 Å². The highest BCUT2D eigenvalue weighted by Gasteiger charge is 2.20. The minimum atomic E-state index is 0.939. The SMILES string of the molecule is CCCC[C@H]1CC[C@H](CCc2ccc(-c3ccc(CCC)cc3)nc2)CC1. The van der Waals surface area contributed by atoms with E-state index in [-0.39, 0.29) is 0 Å². The molecule has 27 heavy (non-hydrogen) atoms. The van der Waals surface area contributed by atoms with E-state index in [9.17, 15) is 0 Å². The van der Waals surface area contributed by atoms with Gasteiger partial charge in [0.2, 0.25) is 0 Å². The number of unbranched alkanes of at least 4 members (excludes halogenated alkanes) is 1. The molecule has 1 saturated carbocycles. The molecule has 1 aliphatic carbocycles. The molecule has 1 aromatic carbocycles. The normalized spacial score (nSPS) is 19.9. The summed E-state index contributed by atoms with van der Waals surface area (Å²) in [6, 6.07) is 13.4. The summed E-state index contributed by atoms with van der Waals surface area (Å²) in [6.45, 7) is 4.54. The second-order valence-electron chi connectivity index (χ2n) is 8.57. The van der Waals surface area contributed by atoms with Gasteiger partial charge in [-0.1, -0.05) is 95.5 Å². The van der Waals surface area contributed by atoms with Crippen LogP contribution in [0.2, 0.25) is 0 Å². The zero-order valence-electron chi connectivity index (χ0n) is 17.4. The Kier molecular flexibility index (Phi) is 7.93. The Bertz CT molecular complexity index is 648. The van der Waals surface area contributed by atoms with Crippen LogP contribution in [-0.4, -0.2) is 4.98 Å². The maximum atomic E-state index is 4.73. The molecule has 1 nitrogen and oxygen atoms in total. The van der Waals surface area contributed by atoms with E-state index in [0.717, 1.165) is 24.0 Å². The molecule has 0 saturated heterocycles. The molecule has 146 valence electrons. The molecular weight excluding hydrogens is 326 g/mol. The van der Waals surface area contributed by atoms with Crippen molar-refractivity contribution in [3.63, 3.8) is 0 Å². The largest absolute Gasteiger partial charge is 0.256 e. The summed E-state index contributed by atoms with van der Waals surface area (Å²) in [5.74, 6) is 1.96. The average Bonchev–Trinajstić information content (AvgIpc) is 2.73. The average molecular weight is 364 g/mol. The molecule has 1 aliphatic rings. The monoisotopic (exact) mass is 363 g/mol. The summed E-state index contributed by atoms with van der Waals surface area (Å²) in [4.78, 5) is 4.73. The van der Waals surface area contributed by atoms with E-state index >= 15 is 0 Å². The first-order valence-corrected chi connectivity index (χ1v) is 11.3. The van der Waals surface area contributed by atoms with E-state index in [1.165, 1.54) is 80.9 Å². The molecule has 0 radical (unpaired) electrons. The van der Waals surface area contributed by atoms with E-state index in [1.807, 2.05) is 0 Å². The lowest BCUT2D eigenvalue weighted by molar-refractivity contribution is 0.250. The summed E-state index contributed by atoms with van der Waals surface area (Å²) in [6.07, 6.45) is 17.1. The molecule has 2 aromatic rings. The van der Waals surface area contributed by atoms with Crippen LogP contribution < -0.4 is 0 Å². The molecule has 3 rings (SSSR count). The molecule has 0 amide bonds. The molecule has 0 spiro atoms. The Morgan fingerprint density at radius 2 is 1.41 bits per heavy atom. The lowest BCUT2D eigenvalue weighted by Crippen LogP contribution is -2.15. The topological polar surface area (TPSA) is 12.9 Å². The number of aromatic nitrogens is 1. The predicted molar refractivity (Wildman–Crippen MR) is 117 cm³/mol. The fourth-order valence-corrected chi connectivity index (χ4v) is 4.55. The zero-order valence-corrected chi connectivity index (χ0v) is 17.4. The van der Waals surface area contributed by atoms with Gasteiger partial charge in [0.05, 0.1) is 5.69 Å². The van der Waals surface area contributed by atoms with E-state index in [2.05, 4.69) is 56.4 Å². The summed E-state index contributed by atoms with van der Waals surface area (Å²) in [5.41, 5.74) is 5.14. The first-order chi connectivity index (χ1) is 13.3. The molecule has 0 aliphatic heterocycles. The number of benzene rings is 1. The van der Waals surface area contributed by atoms with E-state index in [0.29, 0.717) is 0 Å². The van der Waals surface area contributed by atoms with Gasteiger partial charge in [0.15, 0.2) is 0 Å². The van der Waals surface area contributed by atoms with Crippen molar-refractivity contribution in [2.24, 2.45) is 11.8 Å². The van der Waals surface area contributed by atoms with Crippen LogP contribution >= 0.6 is 0 Å². The molecule has 1 fully saturated rings. The third kappa shape index (κ3) is 6.19. The highest BCUT2D eigenvalue weighted by molar-refractivity contribution is 5.59. The van der Waals surface area contributed by atoms with E-state index < -0.39 is 0 Å². The number of hydrogen-bond acceptors (Lipinski definition) is 1. The van der Waals surface area contributed by atoms with Crippen LogP contribution in [0.15, 0.2) is 42.6 Å². The third-order valence-corrected chi connectivity index (χ3v) is 6.39. The molecule has 0 bridgehead atoms. The highest BCUT2D eigenvalue weighted by Crippen LogP contribution is 2.34. The smallest absolute Gasteiger partial charge is 0.0702 e. The quantitative estimate of drug-likeness (QED) is 0.446. The second kappa shape index (κ2) is 10.6. The standard InChI is InChI=1S/C26H37N/c1-3-5-7-22-8-10-23(11-9-22)12-13-24-16-19-26(27-20-24)25-17-14-21(6-4-2)15-18-25/h14-20,22-23H,3-13H2,1-2H3/t22-,23-. The van der Waals surface area contributed by atoms with Crippen LogP contribution in [0, 0.1) is 11.8 Å². The summed E-state index contributed by atoms with van der Waals surface area (Å²) >= 11 is 0. The van der Waals surface area contributed by atoms with Crippen molar-refractivity contribution >= 4 is 0 Å². The predicted octanol–water partition coefficient (Wildman–Crippen LogP) is 7.63. The number of aryl methyl sites for hydroxylation is 2. The highest BCUT2D eigenvalue weighted by atomic mass is 14.7. The van der Waals surface area contributed by atoms with Gasteiger partial charge in [-0.05, 0) is 48.3 Å². The van der Waals surface area contributed by atoms with Gasteiger partial charge in [-0.2, -0.15) is 0 Å². The molecule has 0 N–H and O–H groups in total. The number of rotatable bonds is 9. The van der Waals surface area contributed by atoms with Crippen LogP contribution in [0.25, 0.3) is 11.3 Å². The lowest BCUT2D eigenvalue weighted by Gasteiger charge is -2.28. The van der Waals surface area contributed by atoms with Gasteiger partial charge < -0.3 is 0 Å². The first kappa shape index (κ1) is 20.1. The molecule has 0 atom stereocenters. The molecular formula is C26H37N. The Balaban J connectivity index is 1.45. The van der Waals surface area contributed by atoms with E-state index in [4.69, 9.17) is 4.98 Å². The van der Waals surface area contributed by atoms with Gasteiger partial charge in [-0.25, -0.2) is 0 Å². The van der Waals surface area contributed by atoms with Gasteiger partial charge in [0.1, 0.15) is 0 Å². The maximum Gasteiger partial charge on any atom is 0.0702 e. The van der Waals surface area contributed by atoms with Crippen LogP contribution in [0.1, 0.15) is 82.8 Å². The van der Waals surface area contributed by atoms with E-state index in [1.54, 1.807) is 0 Å². The Morgan fingerprint density at radius 1 is 0.741 bits per heavy atom. The second-order valence-corrected chi connectivity index (χ2v) is 8.57. The third-order valence-electron chi connectivity index (χ3n) is 6.39. The summed E-state index contributed by atoms with van der Waals surface area (Å²) in [5, 5.41) is 0. The van der Waals surface area contributed by atoms with Crippen molar-refractivity contribution in [1.29, 1.82) is 0 Å². The number of hydrogen-bond donors (Lipinski definition) is 0. The minimum absolute atomic E-state index is 0.939. The molecule has 0 unspecified atom stereocenters. The maximum absolute atomic E-state index is 4.73.